The number of fused-ring (bicyclic) bond motifs is 1. The number of hydrogen-bond acceptors (Lipinski definition) is 6. The molecule has 1 fully saturated rings. The molecule has 0 spiro atoms. The van der Waals surface area contributed by atoms with Crippen molar-refractivity contribution >= 4 is 11.7 Å². The molecule has 2 aliphatic rings. The highest BCUT2D eigenvalue weighted by Crippen LogP contribution is 2.42. The van der Waals surface area contributed by atoms with Crippen LogP contribution in [0.4, 0.5) is 5.69 Å². The van der Waals surface area contributed by atoms with Crippen LogP contribution < -0.4 is 10.2 Å². The van der Waals surface area contributed by atoms with Gasteiger partial charge >= 0.3 is 5.97 Å². The number of ether oxygens (including phenoxy) is 1. The largest absolute Gasteiger partial charge is 0.463 e. The fourth-order valence-electron chi connectivity index (χ4n) is 5.19. The SMILES string of the molecule is CC(C)(C)O.Cc1nc(C)c(-c2ccc3c(c2)CCNC3)c(N2CCC(C)(C)CC2)c1CC(=O)OC(C)C. The number of aryl methyl sites for hydroxylation is 2. The van der Waals surface area contributed by atoms with Crippen molar-refractivity contribution in [2.24, 2.45) is 5.41 Å². The van der Waals surface area contributed by atoms with Crippen LogP contribution >= 0.6 is 0 Å². The van der Waals surface area contributed by atoms with Crippen LogP contribution in [-0.2, 0) is 28.9 Å². The Balaban J connectivity index is 0.000000732. The van der Waals surface area contributed by atoms with Crippen molar-refractivity contribution in [3.05, 3.63) is 46.3 Å². The Kier molecular flexibility index (Phi) is 9.64. The molecule has 6 nitrogen and oxygen atoms in total. The van der Waals surface area contributed by atoms with Gasteiger partial charge in [-0.25, -0.2) is 0 Å². The predicted octanol–water partition coefficient (Wildman–Crippen LogP) is 5.91. The second-order valence-electron chi connectivity index (χ2n) is 12.9. The van der Waals surface area contributed by atoms with Gasteiger partial charge in [-0.3, -0.25) is 9.78 Å². The van der Waals surface area contributed by atoms with Gasteiger partial charge in [-0.15, -0.1) is 0 Å². The summed E-state index contributed by atoms with van der Waals surface area (Å²) in [5, 5.41) is 12.0. The second kappa shape index (κ2) is 12.2. The van der Waals surface area contributed by atoms with E-state index in [-0.39, 0.29) is 18.5 Å². The number of rotatable bonds is 5. The number of piperidine rings is 1. The standard InChI is InChI=1S/C28H39N3O2.C4H10O/c1-18(2)33-25(32)16-24-19(3)30-20(4)26(27(24)31-13-10-28(5,6)11-14-31)22-7-8-23-17-29-12-9-21(23)15-22;1-4(2,3)5/h7-8,15,18,29H,9-14,16-17H2,1-6H3;5H,1-3H3. The van der Waals surface area contributed by atoms with Gasteiger partial charge in [-0.2, -0.15) is 0 Å². The molecule has 2 aliphatic heterocycles. The van der Waals surface area contributed by atoms with Crippen LogP contribution in [-0.4, -0.2) is 47.4 Å². The number of carbonyl (C=O) groups is 1. The number of carbonyl (C=O) groups excluding carboxylic acids is 1. The molecule has 1 saturated heterocycles. The number of aromatic nitrogens is 1. The lowest BCUT2D eigenvalue weighted by Gasteiger charge is -2.40. The highest BCUT2D eigenvalue weighted by atomic mass is 16.5. The van der Waals surface area contributed by atoms with Crippen LogP contribution in [0, 0.1) is 19.3 Å². The average Bonchev–Trinajstić information content (AvgIpc) is 2.79. The molecule has 0 unspecified atom stereocenters. The minimum absolute atomic E-state index is 0.121. The molecule has 1 aromatic carbocycles. The van der Waals surface area contributed by atoms with Crippen molar-refractivity contribution in [1.29, 1.82) is 0 Å². The van der Waals surface area contributed by atoms with E-state index >= 15 is 0 Å². The fourth-order valence-corrected chi connectivity index (χ4v) is 5.19. The Morgan fingerprint density at radius 1 is 1.13 bits per heavy atom. The van der Waals surface area contributed by atoms with Crippen molar-refractivity contribution in [3.63, 3.8) is 0 Å². The zero-order chi connectivity index (χ0) is 28.3. The molecular weight excluding hydrogens is 474 g/mol. The van der Waals surface area contributed by atoms with Crippen LogP contribution in [0.5, 0.6) is 0 Å². The summed E-state index contributed by atoms with van der Waals surface area (Å²) in [5.74, 6) is -0.181. The first-order valence-corrected chi connectivity index (χ1v) is 14.1. The quantitative estimate of drug-likeness (QED) is 0.475. The highest BCUT2D eigenvalue weighted by molar-refractivity contribution is 5.87. The van der Waals surface area contributed by atoms with Gasteiger partial charge in [0.15, 0.2) is 0 Å². The van der Waals surface area contributed by atoms with Crippen LogP contribution in [0.25, 0.3) is 11.1 Å². The first-order chi connectivity index (χ1) is 17.6. The summed E-state index contributed by atoms with van der Waals surface area (Å²) in [7, 11) is 0. The number of nitrogens with one attached hydrogen (secondary N) is 1. The molecule has 0 saturated carbocycles. The maximum absolute atomic E-state index is 12.8. The maximum atomic E-state index is 12.8. The third-order valence-electron chi connectivity index (χ3n) is 7.16. The number of aliphatic hydroxyl groups is 1. The van der Waals surface area contributed by atoms with E-state index in [4.69, 9.17) is 14.8 Å². The van der Waals surface area contributed by atoms with Crippen molar-refractivity contribution in [2.75, 3.05) is 24.5 Å². The zero-order valence-electron chi connectivity index (χ0n) is 25.1. The normalized spacial score (nSPS) is 17.0. The van der Waals surface area contributed by atoms with E-state index in [0.29, 0.717) is 5.41 Å². The predicted molar refractivity (Wildman–Crippen MR) is 157 cm³/mol. The van der Waals surface area contributed by atoms with Crippen LogP contribution in [0.15, 0.2) is 18.2 Å². The average molecular weight is 524 g/mol. The van der Waals surface area contributed by atoms with Crippen molar-refractivity contribution in [2.45, 2.75) is 106 Å². The molecule has 0 radical (unpaired) electrons. The number of anilines is 1. The Morgan fingerprint density at radius 2 is 1.76 bits per heavy atom. The Bertz CT molecular complexity index is 1120. The fraction of sp³-hybridized carbons (Fsp3) is 0.625. The summed E-state index contributed by atoms with van der Waals surface area (Å²) in [6, 6.07) is 6.84. The molecule has 6 heteroatoms. The minimum Gasteiger partial charge on any atom is -0.463 e. The van der Waals surface area contributed by atoms with E-state index in [9.17, 15) is 4.79 Å². The van der Waals surface area contributed by atoms with E-state index in [1.54, 1.807) is 20.8 Å². The summed E-state index contributed by atoms with van der Waals surface area (Å²) in [4.78, 5) is 20.2. The maximum Gasteiger partial charge on any atom is 0.310 e. The molecule has 4 rings (SSSR count). The summed E-state index contributed by atoms with van der Waals surface area (Å²) in [6.45, 7) is 21.8. The second-order valence-corrected chi connectivity index (χ2v) is 12.9. The number of hydrogen-bond donors (Lipinski definition) is 2. The van der Waals surface area contributed by atoms with E-state index in [1.165, 1.54) is 27.9 Å². The molecule has 2 aromatic rings. The molecule has 0 atom stereocenters. The molecule has 1 aromatic heterocycles. The lowest BCUT2D eigenvalue weighted by Crippen LogP contribution is -2.38. The van der Waals surface area contributed by atoms with Gasteiger partial charge in [0.1, 0.15) is 0 Å². The summed E-state index contributed by atoms with van der Waals surface area (Å²) in [6.07, 6.45) is 3.46. The van der Waals surface area contributed by atoms with Gasteiger partial charge in [0.2, 0.25) is 0 Å². The summed E-state index contributed by atoms with van der Waals surface area (Å²) >= 11 is 0. The van der Waals surface area contributed by atoms with Crippen molar-refractivity contribution in [3.8, 4) is 11.1 Å². The van der Waals surface area contributed by atoms with Crippen LogP contribution in [0.2, 0.25) is 0 Å². The Labute approximate surface area is 230 Å². The topological polar surface area (TPSA) is 74.7 Å². The van der Waals surface area contributed by atoms with E-state index in [2.05, 4.69) is 49.2 Å². The molecule has 2 N–H and O–H groups in total. The van der Waals surface area contributed by atoms with Crippen molar-refractivity contribution in [1.82, 2.24) is 10.3 Å². The smallest absolute Gasteiger partial charge is 0.310 e. The number of esters is 1. The molecule has 0 bridgehead atoms. The van der Waals surface area contributed by atoms with Gasteiger partial charge in [0, 0.05) is 42.1 Å². The van der Waals surface area contributed by atoms with Gasteiger partial charge in [-0.05, 0) is 96.4 Å². The lowest BCUT2D eigenvalue weighted by atomic mass is 9.82. The summed E-state index contributed by atoms with van der Waals surface area (Å²) < 4.78 is 5.54. The van der Waals surface area contributed by atoms with Crippen LogP contribution in [0.3, 0.4) is 0 Å². The number of nitrogens with zero attached hydrogens (tertiary/aromatic N) is 2. The molecule has 210 valence electrons. The van der Waals surface area contributed by atoms with E-state index in [1.807, 2.05) is 20.8 Å². The molecule has 0 amide bonds. The lowest BCUT2D eigenvalue weighted by molar-refractivity contribution is -0.146. The van der Waals surface area contributed by atoms with Gasteiger partial charge < -0.3 is 20.1 Å². The van der Waals surface area contributed by atoms with Gasteiger partial charge in [-0.1, -0.05) is 32.0 Å². The Morgan fingerprint density at radius 3 is 2.37 bits per heavy atom. The Hall–Kier alpha value is -2.44. The number of pyridine rings is 1. The first-order valence-electron chi connectivity index (χ1n) is 14.1. The monoisotopic (exact) mass is 523 g/mol. The molecule has 3 heterocycles. The third kappa shape index (κ3) is 8.28. The minimum atomic E-state index is -0.500. The highest BCUT2D eigenvalue weighted by Gasteiger charge is 2.30. The van der Waals surface area contributed by atoms with E-state index < -0.39 is 5.60 Å². The van der Waals surface area contributed by atoms with E-state index in [0.717, 1.165) is 62.4 Å². The van der Waals surface area contributed by atoms with Gasteiger partial charge in [0.05, 0.1) is 23.8 Å². The van der Waals surface area contributed by atoms with Gasteiger partial charge in [0.25, 0.3) is 0 Å². The molecular formula is C32H49N3O3. The third-order valence-corrected chi connectivity index (χ3v) is 7.16. The molecule has 38 heavy (non-hydrogen) atoms. The van der Waals surface area contributed by atoms with Crippen LogP contribution in [0.1, 0.15) is 89.4 Å². The summed E-state index contributed by atoms with van der Waals surface area (Å²) in [5.41, 5.74) is 9.19. The van der Waals surface area contributed by atoms with Crippen molar-refractivity contribution < 1.29 is 14.6 Å². The number of benzene rings is 1. The zero-order valence-corrected chi connectivity index (χ0v) is 25.1. The molecule has 0 aliphatic carbocycles. The first kappa shape index (κ1) is 30.1.